The molecular weight excluding hydrogens is 494 g/mol. The Bertz CT molecular complexity index is 1120. The molecule has 4 heteroatoms. The molecule has 2 aromatic rings. The summed E-state index contributed by atoms with van der Waals surface area (Å²) in [6.07, 6.45) is 3.78. The van der Waals surface area contributed by atoms with E-state index in [9.17, 15) is 9.90 Å². The molecule has 2 rings (SSSR count). The number of hydrogen-bond donors (Lipinski definition) is 2. The highest BCUT2D eigenvalue weighted by atomic mass is 16.5. The summed E-state index contributed by atoms with van der Waals surface area (Å²) in [5.74, 6) is 1.26. The average Bonchev–Trinajstić information content (AvgIpc) is 2.79. The van der Waals surface area contributed by atoms with Gasteiger partial charge in [0, 0.05) is 17.7 Å². The van der Waals surface area contributed by atoms with Crippen molar-refractivity contribution < 1.29 is 14.6 Å². The lowest BCUT2D eigenvalue weighted by Crippen LogP contribution is -2.23. The van der Waals surface area contributed by atoms with Gasteiger partial charge in [-0.2, -0.15) is 0 Å². The maximum atomic E-state index is 11.4. The average molecular weight is 550 g/mol. The van der Waals surface area contributed by atoms with Gasteiger partial charge in [-0.1, -0.05) is 114 Å². The van der Waals surface area contributed by atoms with E-state index in [0.29, 0.717) is 18.9 Å². The van der Waals surface area contributed by atoms with Crippen molar-refractivity contribution in [2.75, 3.05) is 13.2 Å². The second kappa shape index (κ2) is 12.4. The first kappa shape index (κ1) is 33.5. The van der Waals surface area contributed by atoms with Gasteiger partial charge in [0.15, 0.2) is 0 Å². The van der Waals surface area contributed by atoms with Crippen molar-refractivity contribution >= 4 is 5.91 Å². The summed E-state index contributed by atoms with van der Waals surface area (Å²) in [6, 6.07) is 9.01. The minimum Gasteiger partial charge on any atom is -0.507 e. The first-order valence-corrected chi connectivity index (χ1v) is 14.7. The van der Waals surface area contributed by atoms with Crippen LogP contribution in [-0.4, -0.2) is 24.2 Å². The van der Waals surface area contributed by atoms with E-state index in [1.165, 1.54) is 28.3 Å². The molecule has 0 saturated heterocycles. The van der Waals surface area contributed by atoms with Crippen LogP contribution in [0.2, 0.25) is 0 Å². The number of carbonyl (C=O) groups excluding carboxylic acids is 1. The standard InChI is InChI=1S/C36H55NO3/c1-14-30(38)37-17-15-16-18-40-32-28(35(8,9)10)22-25(23-29(32)36(11,12)13)19-24-20-26(33(2,3)4)31(39)27(21-24)34(5,6)7/h14,20-23,39H,1,15-19H2,2-13H3,(H,37,38). The maximum absolute atomic E-state index is 11.4. The predicted octanol–water partition coefficient (Wildman–Crippen LogP) is 8.63. The number of aromatic hydroxyl groups is 1. The van der Waals surface area contributed by atoms with Gasteiger partial charge < -0.3 is 15.2 Å². The van der Waals surface area contributed by atoms with Gasteiger partial charge in [-0.05, 0) is 69.3 Å². The van der Waals surface area contributed by atoms with Crippen LogP contribution in [0.1, 0.15) is 129 Å². The summed E-state index contributed by atoms with van der Waals surface area (Å²) in [5.41, 5.74) is 6.32. The molecule has 0 aliphatic carbocycles. The maximum Gasteiger partial charge on any atom is 0.243 e. The number of benzene rings is 2. The molecule has 1 amide bonds. The highest BCUT2D eigenvalue weighted by Gasteiger charge is 2.29. The molecule has 0 aliphatic heterocycles. The van der Waals surface area contributed by atoms with E-state index in [-0.39, 0.29) is 27.6 Å². The van der Waals surface area contributed by atoms with Gasteiger partial charge in [0.25, 0.3) is 0 Å². The Balaban J connectivity index is 2.54. The molecule has 0 radical (unpaired) electrons. The van der Waals surface area contributed by atoms with Crippen LogP contribution in [0.5, 0.6) is 11.5 Å². The fourth-order valence-corrected chi connectivity index (χ4v) is 4.92. The van der Waals surface area contributed by atoms with Crippen molar-refractivity contribution in [2.45, 2.75) is 124 Å². The number of hydrogen-bond acceptors (Lipinski definition) is 3. The molecule has 0 saturated carbocycles. The second-order valence-electron chi connectivity index (χ2n) is 15.3. The monoisotopic (exact) mass is 549 g/mol. The number of phenolic OH excluding ortho intramolecular Hbond substituents is 1. The third kappa shape index (κ3) is 8.88. The quantitative estimate of drug-likeness (QED) is 0.243. The lowest BCUT2D eigenvalue weighted by atomic mass is 9.76. The van der Waals surface area contributed by atoms with Crippen molar-refractivity contribution in [3.63, 3.8) is 0 Å². The summed E-state index contributed by atoms with van der Waals surface area (Å²) < 4.78 is 6.54. The van der Waals surface area contributed by atoms with E-state index in [0.717, 1.165) is 36.1 Å². The van der Waals surface area contributed by atoms with E-state index < -0.39 is 0 Å². The number of amides is 1. The normalized spacial score (nSPS) is 12.8. The molecule has 0 atom stereocenters. The molecule has 0 heterocycles. The first-order valence-electron chi connectivity index (χ1n) is 14.7. The number of unbranched alkanes of at least 4 members (excludes halogenated alkanes) is 1. The van der Waals surface area contributed by atoms with Crippen LogP contribution in [0.4, 0.5) is 0 Å². The number of carbonyl (C=O) groups is 1. The Hall–Kier alpha value is -2.75. The molecule has 40 heavy (non-hydrogen) atoms. The Kier molecular flexibility index (Phi) is 10.4. The minimum absolute atomic E-state index is 0.106. The highest BCUT2D eigenvalue weighted by molar-refractivity contribution is 5.86. The summed E-state index contributed by atoms with van der Waals surface area (Å²) in [5, 5.41) is 14.1. The summed E-state index contributed by atoms with van der Waals surface area (Å²) in [6.45, 7) is 31.1. The lowest BCUT2D eigenvalue weighted by molar-refractivity contribution is -0.116. The molecule has 4 nitrogen and oxygen atoms in total. The van der Waals surface area contributed by atoms with E-state index in [4.69, 9.17) is 4.74 Å². The van der Waals surface area contributed by atoms with Crippen molar-refractivity contribution in [3.8, 4) is 11.5 Å². The zero-order valence-electron chi connectivity index (χ0n) is 27.4. The van der Waals surface area contributed by atoms with Gasteiger partial charge in [-0.25, -0.2) is 0 Å². The fraction of sp³-hybridized carbons (Fsp3) is 0.583. The molecule has 0 aliphatic rings. The van der Waals surface area contributed by atoms with E-state index in [1.807, 2.05) is 0 Å². The topological polar surface area (TPSA) is 58.6 Å². The highest BCUT2D eigenvalue weighted by Crippen LogP contribution is 2.43. The molecule has 0 bridgehead atoms. The van der Waals surface area contributed by atoms with Crippen LogP contribution < -0.4 is 10.1 Å². The Morgan fingerprint density at radius 2 is 1.15 bits per heavy atom. The summed E-state index contributed by atoms with van der Waals surface area (Å²) in [7, 11) is 0. The zero-order chi connectivity index (χ0) is 30.7. The third-order valence-corrected chi connectivity index (χ3v) is 7.26. The van der Waals surface area contributed by atoms with Crippen LogP contribution in [0.25, 0.3) is 0 Å². The molecule has 222 valence electrons. The van der Waals surface area contributed by atoms with E-state index in [2.05, 4.69) is 119 Å². The fourth-order valence-electron chi connectivity index (χ4n) is 4.92. The van der Waals surface area contributed by atoms with Crippen molar-refractivity contribution in [2.24, 2.45) is 0 Å². The zero-order valence-corrected chi connectivity index (χ0v) is 27.4. The molecule has 0 fully saturated rings. The SMILES string of the molecule is C=CC(=O)NCCCCOc1c(C(C)(C)C)cc(Cc2cc(C(C)(C)C)c(O)c(C(C)(C)C)c2)cc1C(C)(C)C. The molecule has 2 aromatic carbocycles. The van der Waals surface area contributed by atoms with Crippen LogP contribution in [0.3, 0.4) is 0 Å². The van der Waals surface area contributed by atoms with Gasteiger partial charge in [0.2, 0.25) is 5.91 Å². The van der Waals surface area contributed by atoms with E-state index in [1.54, 1.807) is 0 Å². The van der Waals surface area contributed by atoms with Gasteiger partial charge in [0.1, 0.15) is 11.5 Å². The van der Waals surface area contributed by atoms with Gasteiger partial charge >= 0.3 is 0 Å². The van der Waals surface area contributed by atoms with Crippen molar-refractivity contribution in [1.82, 2.24) is 5.32 Å². The number of nitrogens with one attached hydrogen (secondary N) is 1. The summed E-state index contributed by atoms with van der Waals surface area (Å²) >= 11 is 0. The first-order chi connectivity index (χ1) is 18.2. The summed E-state index contributed by atoms with van der Waals surface area (Å²) in [4.78, 5) is 11.4. The lowest BCUT2D eigenvalue weighted by Gasteiger charge is -2.31. The molecular formula is C36H55NO3. The molecule has 0 aromatic heterocycles. The Labute approximate surface area is 244 Å². The van der Waals surface area contributed by atoms with Gasteiger partial charge in [0.05, 0.1) is 6.61 Å². The van der Waals surface area contributed by atoms with Crippen LogP contribution in [0, 0.1) is 0 Å². The van der Waals surface area contributed by atoms with Crippen molar-refractivity contribution in [3.05, 3.63) is 70.3 Å². The Morgan fingerprint density at radius 1 is 0.750 bits per heavy atom. The number of ether oxygens (including phenoxy) is 1. The van der Waals surface area contributed by atoms with Crippen LogP contribution >= 0.6 is 0 Å². The molecule has 2 N–H and O–H groups in total. The van der Waals surface area contributed by atoms with Gasteiger partial charge in [-0.3, -0.25) is 4.79 Å². The van der Waals surface area contributed by atoms with Crippen LogP contribution in [0.15, 0.2) is 36.9 Å². The third-order valence-electron chi connectivity index (χ3n) is 7.26. The minimum atomic E-state index is -0.167. The van der Waals surface area contributed by atoms with Crippen LogP contribution in [-0.2, 0) is 32.9 Å². The Morgan fingerprint density at radius 3 is 1.52 bits per heavy atom. The van der Waals surface area contributed by atoms with Gasteiger partial charge in [-0.15, -0.1) is 0 Å². The van der Waals surface area contributed by atoms with Crippen molar-refractivity contribution in [1.29, 1.82) is 0 Å². The molecule has 0 unspecified atom stereocenters. The molecule has 0 spiro atoms. The van der Waals surface area contributed by atoms with E-state index >= 15 is 0 Å². The predicted molar refractivity (Wildman–Crippen MR) is 170 cm³/mol. The number of rotatable bonds is 9. The largest absolute Gasteiger partial charge is 0.507 e. The smallest absolute Gasteiger partial charge is 0.243 e. The second-order valence-corrected chi connectivity index (χ2v) is 15.3. The number of phenols is 1.